The van der Waals surface area contributed by atoms with Gasteiger partial charge in [-0.15, -0.1) is 0 Å². The number of nitrogen functional groups attached to an aromatic ring is 1. The van der Waals surface area contributed by atoms with Gasteiger partial charge in [0, 0.05) is 27.5 Å². The van der Waals surface area contributed by atoms with Gasteiger partial charge in [0.15, 0.2) is 11.6 Å². The smallest absolute Gasteiger partial charge is 0.256 e. The van der Waals surface area contributed by atoms with Crippen LogP contribution in [0.4, 0.5) is 15.8 Å². The molecular weight excluding hydrogens is 339 g/mol. The summed E-state index contributed by atoms with van der Waals surface area (Å²) >= 11 is 3.30. The molecule has 0 saturated heterocycles. The normalized spacial score (nSPS) is 10.3. The first-order valence-corrected chi connectivity index (χ1v) is 6.92. The van der Waals surface area contributed by atoms with E-state index in [-0.39, 0.29) is 11.7 Å². The molecule has 0 aromatic heterocycles. The van der Waals surface area contributed by atoms with E-state index in [9.17, 15) is 9.18 Å². The summed E-state index contributed by atoms with van der Waals surface area (Å²) in [6, 6.07) is 7.53. The summed E-state index contributed by atoms with van der Waals surface area (Å²) in [6.45, 7) is 1.77. The van der Waals surface area contributed by atoms with E-state index in [0.29, 0.717) is 27.0 Å². The fourth-order valence-electron chi connectivity index (χ4n) is 1.87. The Labute approximate surface area is 130 Å². The van der Waals surface area contributed by atoms with Crippen LogP contribution in [0, 0.1) is 12.7 Å². The van der Waals surface area contributed by atoms with Crippen LogP contribution in [0.3, 0.4) is 0 Å². The quantitative estimate of drug-likeness (QED) is 0.827. The van der Waals surface area contributed by atoms with E-state index in [1.807, 2.05) is 0 Å². The maximum absolute atomic E-state index is 13.3. The van der Waals surface area contributed by atoms with Crippen LogP contribution in [0.5, 0.6) is 5.75 Å². The molecule has 2 rings (SSSR count). The van der Waals surface area contributed by atoms with Crippen molar-refractivity contribution in [3.05, 3.63) is 51.7 Å². The summed E-state index contributed by atoms with van der Waals surface area (Å²) in [5, 5.41) is 2.69. The van der Waals surface area contributed by atoms with Crippen LogP contribution >= 0.6 is 15.9 Å². The molecule has 0 aliphatic rings. The molecule has 0 fully saturated rings. The molecule has 0 bridgehead atoms. The number of carbonyl (C=O) groups is 1. The summed E-state index contributed by atoms with van der Waals surface area (Å²) in [4.78, 5) is 12.3. The van der Waals surface area contributed by atoms with Crippen LogP contribution in [0.15, 0.2) is 34.8 Å². The molecule has 21 heavy (non-hydrogen) atoms. The van der Waals surface area contributed by atoms with Crippen LogP contribution in [0.2, 0.25) is 0 Å². The van der Waals surface area contributed by atoms with Crippen LogP contribution in [-0.4, -0.2) is 13.0 Å². The third kappa shape index (κ3) is 3.33. The first kappa shape index (κ1) is 15.3. The second kappa shape index (κ2) is 6.13. The van der Waals surface area contributed by atoms with Gasteiger partial charge in [-0.05, 0) is 36.8 Å². The lowest BCUT2D eigenvalue weighted by Crippen LogP contribution is -2.14. The fourth-order valence-corrected chi connectivity index (χ4v) is 2.35. The number of hydrogen-bond acceptors (Lipinski definition) is 3. The van der Waals surface area contributed by atoms with Crippen LogP contribution in [0.1, 0.15) is 15.9 Å². The zero-order chi connectivity index (χ0) is 15.6. The predicted octanol–water partition coefficient (Wildman–Crippen LogP) is 3.74. The molecule has 0 spiro atoms. The number of hydrogen-bond donors (Lipinski definition) is 2. The maximum Gasteiger partial charge on any atom is 0.256 e. The van der Waals surface area contributed by atoms with Crippen LogP contribution in [0.25, 0.3) is 0 Å². The van der Waals surface area contributed by atoms with Gasteiger partial charge in [0.05, 0.1) is 7.11 Å². The Morgan fingerprint density at radius 1 is 1.33 bits per heavy atom. The molecule has 0 unspecified atom stereocenters. The van der Waals surface area contributed by atoms with E-state index >= 15 is 0 Å². The van der Waals surface area contributed by atoms with Gasteiger partial charge in [0.1, 0.15) is 0 Å². The summed E-state index contributed by atoms with van der Waals surface area (Å²) in [5.41, 5.74) is 7.93. The number of ether oxygens (including phenoxy) is 1. The monoisotopic (exact) mass is 352 g/mol. The lowest BCUT2D eigenvalue weighted by molar-refractivity contribution is 0.102. The molecule has 3 N–H and O–H groups in total. The third-order valence-corrected chi connectivity index (χ3v) is 3.52. The van der Waals surface area contributed by atoms with E-state index in [4.69, 9.17) is 10.5 Å². The second-order valence-electron chi connectivity index (χ2n) is 4.47. The minimum atomic E-state index is -0.488. The van der Waals surface area contributed by atoms with Gasteiger partial charge in [-0.2, -0.15) is 0 Å². The number of methoxy groups -OCH3 is 1. The first-order chi connectivity index (χ1) is 9.92. The summed E-state index contributed by atoms with van der Waals surface area (Å²) in [6.07, 6.45) is 0. The van der Waals surface area contributed by atoms with Crippen molar-refractivity contribution in [2.45, 2.75) is 6.92 Å². The highest BCUT2D eigenvalue weighted by atomic mass is 79.9. The standard InChI is InChI=1S/C15H14BrFN2O2/c1-8-11(5-9(16)6-13(8)18)15(20)19-10-3-4-12(17)14(7-10)21-2/h3-7H,18H2,1-2H3,(H,19,20). The van der Waals surface area contributed by atoms with Crippen LogP contribution in [-0.2, 0) is 0 Å². The van der Waals surface area contributed by atoms with Gasteiger partial charge in [-0.1, -0.05) is 15.9 Å². The highest BCUT2D eigenvalue weighted by Gasteiger charge is 2.13. The first-order valence-electron chi connectivity index (χ1n) is 6.13. The zero-order valence-corrected chi connectivity index (χ0v) is 13.1. The van der Waals surface area contributed by atoms with Crippen LogP contribution < -0.4 is 15.8 Å². The summed E-state index contributed by atoms with van der Waals surface area (Å²) in [5.74, 6) is -0.745. The average Bonchev–Trinajstić information content (AvgIpc) is 2.44. The molecule has 0 saturated carbocycles. The minimum Gasteiger partial charge on any atom is -0.494 e. The molecule has 2 aromatic rings. The Bertz CT molecular complexity index is 704. The molecule has 0 aliphatic heterocycles. The molecule has 0 radical (unpaired) electrons. The number of rotatable bonds is 3. The highest BCUT2D eigenvalue weighted by molar-refractivity contribution is 9.10. The lowest BCUT2D eigenvalue weighted by atomic mass is 10.1. The van der Waals surface area contributed by atoms with Gasteiger partial charge >= 0.3 is 0 Å². The summed E-state index contributed by atoms with van der Waals surface area (Å²) < 4.78 is 18.9. The molecule has 0 aliphatic carbocycles. The molecule has 6 heteroatoms. The van der Waals surface area contributed by atoms with Crippen molar-refractivity contribution in [2.24, 2.45) is 0 Å². The molecule has 4 nitrogen and oxygen atoms in total. The van der Waals surface area contributed by atoms with Crippen molar-refractivity contribution in [3.8, 4) is 5.75 Å². The Balaban J connectivity index is 2.30. The second-order valence-corrected chi connectivity index (χ2v) is 5.39. The van der Waals surface area contributed by atoms with Gasteiger partial charge in [0.25, 0.3) is 5.91 Å². The van der Waals surface area contributed by atoms with Crippen molar-refractivity contribution in [3.63, 3.8) is 0 Å². The number of amides is 1. The molecule has 110 valence electrons. The largest absolute Gasteiger partial charge is 0.494 e. The highest BCUT2D eigenvalue weighted by Crippen LogP contribution is 2.25. The SMILES string of the molecule is COc1cc(NC(=O)c2cc(Br)cc(N)c2C)ccc1F. The predicted molar refractivity (Wildman–Crippen MR) is 84.2 cm³/mol. The van der Waals surface area contributed by atoms with Crippen molar-refractivity contribution in [2.75, 3.05) is 18.2 Å². The van der Waals surface area contributed by atoms with E-state index in [0.717, 1.165) is 0 Å². The van der Waals surface area contributed by atoms with Gasteiger partial charge in [-0.3, -0.25) is 4.79 Å². The van der Waals surface area contributed by atoms with Crippen molar-refractivity contribution >= 4 is 33.2 Å². The Kier molecular flexibility index (Phi) is 4.47. The number of nitrogens with one attached hydrogen (secondary N) is 1. The molecule has 0 heterocycles. The molecular formula is C15H14BrFN2O2. The number of carbonyl (C=O) groups excluding carboxylic acids is 1. The van der Waals surface area contributed by atoms with E-state index in [1.165, 1.54) is 25.3 Å². The Morgan fingerprint density at radius 3 is 2.71 bits per heavy atom. The number of halogens is 2. The van der Waals surface area contributed by atoms with Gasteiger partial charge in [0.2, 0.25) is 0 Å². The topological polar surface area (TPSA) is 64.3 Å². The number of anilines is 2. The minimum absolute atomic E-state index is 0.0679. The Hall–Kier alpha value is -2.08. The molecule has 0 atom stereocenters. The molecule has 1 amide bonds. The fraction of sp³-hybridized carbons (Fsp3) is 0.133. The maximum atomic E-state index is 13.3. The third-order valence-electron chi connectivity index (χ3n) is 3.07. The number of benzene rings is 2. The van der Waals surface area contributed by atoms with Crippen molar-refractivity contribution in [1.82, 2.24) is 0 Å². The lowest BCUT2D eigenvalue weighted by Gasteiger charge is -2.11. The Morgan fingerprint density at radius 2 is 2.05 bits per heavy atom. The van der Waals surface area contributed by atoms with E-state index < -0.39 is 5.82 Å². The summed E-state index contributed by atoms with van der Waals surface area (Å²) in [7, 11) is 1.36. The molecule has 2 aromatic carbocycles. The van der Waals surface area contributed by atoms with E-state index in [2.05, 4.69) is 21.2 Å². The van der Waals surface area contributed by atoms with Gasteiger partial charge < -0.3 is 15.8 Å². The zero-order valence-electron chi connectivity index (χ0n) is 11.5. The number of nitrogens with two attached hydrogens (primary N) is 1. The van der Waals surface area contributed by atoms with Crippen molar-refractivity contribution < 1.29 is 13.9 Å². The van der Waals surface area contributed by atoms with Gasteiger partial charge in [-0.25, -0.2) is 4.39 Å². The van der Waals surface area contributed by atoms with E-state index in [1.54, 1.807) is 19.1 Å². The average molecular weight is 353 g/mol. The van der Waals surface area contributed by atoms with Crippen molar-refractivity contribution in [1.29, 1.82) is 0 Å².